The second-order valence-electron chi connectivity index (χ2n) is 7.38. The number of nitrogens with zero attached hydrogens (tertiary/aromatic N) is 2. The van der Waals surface area contributed by atoms with E-state index in [0.717, 1.165) is 42.7 Å². The van der Waals surface area contributed by atoms with Crippen molar-refractivity contribution in [2.75, 3.05) is 0 Å². The first-order chi connectivity index (χ1) is 15.5. The minimum absolute atomic E-state index is 0.0350. The van der Waals surface area contributed by atoms with Crippen LogP contribution in [0.3, 0.4) is 0 Å². The van der Waals surface area contributed by atoms with Crippen LogP contribution in [0.15, 0.2) is 54.6 Å². The molecule has 0 N–H and O–H groups in total. The molecule has 1 heterocycles. The molecule has 0 spiro atoms. The lowest BCUT2D eigenvalue weighted by Gasteiger charge is -2.12. The zero-order chi connectivity index (χ0) is 22.7. The van der Waals surface area contributed by atoms with Crippen molar-refractivity contribution in [3.63, 3.8) is 0 Å². The van der Waals surface area contributed by atoms with E-state index in [1.165, 1.54) is 16.7 Å². The van der Waals surface area contributed by atoms with Crippen molar-refractivity contribution in [1.29, 1.82) is 0 Å². The highest BCUT2D eigenvalue weighted by Gasteiger charge is 2.22. The first kappa shape index (κ1) is 21.6. The summed E-state index contributed by atoms with van der Waals surface area (Å²) >= 11 is 0. The minimum atomic E-state index is -0.806. The van der Waals surface area contributed by atoms with Crippen LogP contribution in [0.5, 0.6) is 0 Å². The maximum Gasteiger partial charge on any atom is 0.147 e. The Morgan fingerprint density at radius 2 is 1.44 bits per heavy atom. The number of para-hydroxylation sites is 1. The molecule has 0 unspecified atom stereocenters. The van der Waals surface area contributed by atoms with E-state index >= 15 is 0 Å². The van der Waals surface area contributed by atoms with Crippen LogP contribution in [-0.4, -0.2) is 9.55 Å². The highest BCUT2D eigenvalue weighted by molar-refractivity contribution is 5.84. The van der Waals surface area contributed by atoms with E-state index in [9.17, 15) is 17.6 Å². The van der Waals surface area contributed by atoms with E-state index in [-0.39, 0.29) is 23.5 Å². The summed E-state index contributed by atoms with van der Waals surface area (Å²) in [5, 5.41) is 0. The fourth-order valence-corrected chi connectivity index (χ4v) is 3.62. The smallest absolute Gasteiger partial charge is 0.147 e. The van der Waals surface area contributed by atoms with Crippen LogP contribution < -0.4 is 0 Å². The molecule has 162 valence electrons. The predicted octanol–water partition coefficient (Wildman–Crippen LogP) is 6.65. The zero-order valence-corrected chi connectivity index (χ0v) is 17.4. The molecule has 6 heteroatoms. The van der Waals surface area contributed by atoms with Gasteiger partial charge in [-0.3, -0.25) is 0 Å². The van der Waals surface area contributed by atoms with Gasteiger partial charge in [0, 0.05) is 18.4 Å². The molecular weight excluding hydrogens is 416 g/mol. The quantitative estimate of drug-likeness (QED) is 0.253. The highest BCUT2D eigenvalue weighted by atomic mass is 19.1. The first-order valence-corrected chi connectivity index (χ1v) is 10.3. The maximum atomic E-state index is 14.7. The summed E-state index contributed by atoms with van der Waals surface area (Å²) in [5.41, 5.74) is 1.23. The molecule has 0 saturated carbocycles. The lowest BCUT2D eigenvalue weighted by atomic mass is 10.1. The van der Waals surface area contributed by atoms with Gasteiger partial charge in [-0.2, -0.15) is 0 Å². The van der Waals surface area contributed by atoms with Crippen LogP contribution in [0.25, 0.3) is 22.4 Å². The number of halogens is 4. The topological polar surface area (TPSA) is 17.8 Å². The highest BCUT2D eigenvalue weighted by Crippen LogP contribution is 2.32. The summed E-state index contributed by atoms with van der Waals surface area (Å²) in [6.45, 7) is 1.76. The minimum Gasteiger partial charge on any atom is -0.319 e. The fraction of sp³-hybridized carbons (Fsp3) is 0.192. The van der Waals surface area contributed by atoms with Crippen LogP contribution in [0.4, 0.5) is 17.6 Å². The lowest BCUT2D eigenvalue weighted by Crippen LogP contribution is -2.08. The Labute approximate surface area is 183 Å². The molecule has 3 aromatic carbocycles. The van der Waals surface area contributed by atoms with Gasteiger partial charge < -0.3 is 4.57 Å². The third-order valence-corrected chi connectivity index (χ3v) is 5.21. The van der Waals surface area contributed by atoms with Crippen molar-refractivity contribution in [2.45, 2.75) is 32.7 Å². The average Bonchev–Trinajstić information content (AvgIpc) is 3.12. The molecule has 0 fully saturated rings. The second-order valence-corrected chi connectivity index (χ2v) is 7.38. The van der Waals surface area contributed by atoms with E-state index in [1.807, 2.05) is 13.0 Å². The van der Waals surface area contributed by atoms with Crippen LogP contribution in [-0.2, 0) is 13.0 Å². The van der Waals surface area contributed by atoms with Crippen LogP contribution in [0, 0.1) is 35.1 Å². The fourth-order valence-electron chi connectivity index (χ4n) is 3.62. The average molecular weight is 436 g/mol. The number of imidazole rings is 1. The Morgan fingerprint density at radius 3 is 2.09 bits per heavy atom. The Hall–Kier alpha value is -3.59. The summed E-state index contributed by atoms with van der Waals surface area (Å²) in [5.74, 6) is 3.03. The van der Waals surface area contributed by atoms with Gasteiger partial charge in [0.2, 0.25) is 0 Å². The normalized spacial score (nSPS) is 10.9. The van der Waals surface area contributed by atoms with Gasteiger partial charge in [0.15, 0.2) is 0 Å². The van der Waals surface area contributed by atoms with Crippen molar-refractivity contribution in [1.82, 2.24) is 9.55 Å². The molecule has 0 aliphatic heterocycles. The number of unbranched alkanes of at least 4 members (excludes halogenated alkanes) is 1. The molecule has 0 aliphatic carbocycles. The third kappa shape index (κ3) is 4.11. The molecule has 0 amide bonds. The standard InChI is InChI=1S/C26H20F4N2/c1-2-3-4-5-9-17-10-6-15-23-25(17)31-26(24-21(29)13-8-14-22(24)30)32(23)16-18-19(27)11-7-12-20(18)28/h6-8,10-15H,2-3,9,16H2,1H3. The van der Waals surface area contributed by atoms with Gasteiger partial charge in [0.05, 0.1) is 23.1 Å². The maximum absolute atomic E-state index is 14.7. The monoisotopic (exact) mass is 436 g/mol. The molecule has 0 atom stereocenters. The molecule has 0 aliphatic rings. The number of benzene rings is 3. The number of fused-ring (bicyclic) bond motifs is 1. The van der Waals surface area contributed by atoms with Crippen molar-refractivity contribution >= 4 is 11.0 Å². The Kier molecular flexibility index (Phi) is 6.27. The van der Waals surface area contributed by atoms with E-state index < -0.39 is 23.3 Å². The second kappa shape index (κ2) is 9.27. The molecule has 0 radical (unpaired) electrons. The Bertz CT molecular complexity index is 1300. The number of hydrogen-bond acceptors (Lipinski definition) is 1. The summed E-state index contributed by atoms with van der Waals surface area (Å²) in [4.78, 5) is 4.53. The number of aromatic nitrogens is 2. The Balaban J connectivity index is 1.95. The molecule has 1 aromatic heterocycles. The largest absolute Gasteiger partial charge is 0.319 e. The van der Waals surface area contributed by atoms with Crippen LogP contribution in [0.2, 0.25) is 0 Å². The zero-order valence-electron chi connectivity index (χ0n) is 17.4. The van der Waals surface area contributed by atoms with Gasteiger partial charge in [-0.15, -0.1) is 5.92 Å². The van der Waals surface area contributed by atoms with Crippen LogP contribution in [0.1, 0.15) is 30.9 Å². The van der Waals surface area contributed by atoms with Gasteiger partial charge in [0.1, 0.15) is 29.1 Å². The van der Waals surface area contributed by atoms with Crippen LogP contribution >= 0.6 is 0 Å². The van der Waals surface area contributed by atoms with E-state index in [2.05, 4.69) is 16.8 Å². The van der Waals surface area contributed by atoms with E-state index in [1.54, 1.807) is 12.1 Å². The predicted molar refractivity (Wildman–Crippen MR) is 117 cm³/mol. The van der Waals surface area contributed by atoms with Gasteiger partial charge in [-0.05, 0) is 42.3 Å². The van der Waals surface area contributed by atoms with Crippen molar-refractivity contribution in [2.24, 2.45) is 0 Å². The van der Waals surface area contributed by atoms with Crippen molar-refractivity contribution in [3.05, 3.63) is 89.0 Å². The SMILES string of the molecule is CCCC#CCc1cccc2c1nc(-c1c(F)cccc1F)n2Cc1c(F)cccc1F. The lowest BCUT2D eigenvalue weighted by molar-refractivity contribution is 0.546. The van der Waals surface area contributed by atoms with Gasteiger partial charge in [0.25, 0.3) is 0 Å². The molecule has 0 saturated heterocycles. The van der Waals surface area contributed by atoms with Crippen molar-refractivity contribution in [3.8, 4) is 23.2 Å². The summed E-state index contributed by atoms with van der Waals surface area (Å²) < 4.78 is 59.6. The number of rotatable bonds is 5. The van der Waals surface area contributed by atoms with E-state index in [4.69, 9.17) is 0 Å². The molecule has 4 aromatic rings. The van der Waals surface area contributed by atoms with Gasteiger partial charge >= 0.3 is 0 Å². The summed E-state index contributed by atoms with van der Waals surface area (Å²) in [7, 11) is 0. The number of hydrogen-bond donors (Lipinski definition) is 0. The molecule has 32 heavy (non-hydrogen) atoms. The van der Waals surface area contributed by atoms with Crippen molar-refractivity contribution < 1.29 is 17.6 Å². The summed E-state index contributed by atoms with van der Waals surface area (Å²) in [6, 6.07) is 12.4. The van der Waals surface area contributed by atoms with Gasteiger partial charge in [-0.1, -0.05) is 37.1 Å². The molecule has 2 nitrogen and oxygen atoms in total. The molecule has 0 bridgehead atoms. The van der Waals surface area contributed by atoms with Gasteiger partial charge in [-0.25, -0.2) is 22.5 Å². The summed E-state index contributed by atoms with van der Waals surface area (Å²) in [6.07, 6.45) is 2.11. The van der Waals surface area contributed by atoms with E-state index in [0.29, 0.717) is 17.5 Å². The Morgan fingerprint density at radius 1 is 0.812 bits per heavy atom. The third-order valence-electron chi connectivity index (χ3n) is 5.21. The molecular formula is C26H20F4N2. The first-order valence-electron chi connectivity index (χ1n) is 10.3. The molecule has 4 rings (SSSR count).